The number of H-pyrrole nitrogens is 1. The van der Waals surface area contributed by atoms with Crippen LogP contribution >= 0.6 is 0 Å². The smallest absolute Gasteiger partial charge is 0.350 e. The molecule has 1 aliphatic rings. The van der Waals surface area contributed by atoms with E-state index in [1.807, 2.05) is 18.2 Å². The summed E-state index contributed by atoms with van der Waals surface area (Å²) in [5, 5.41) is 5.78. The van der Waals surface area contributed by atoms with E-state index in [9.17, 15) is 4.79 Å². The molecule has 1 aromatic carbocycles. The topological polar surface area (TPSA) is 58.3 Å². The van der Waals surface area contributed by atoms with Crippen LogP contribution < -0.4 is 5.69 Å². The number of fused-ring (bicyclic) bond motifs is 2. The number of likely N-dealkylation sites (tertiary alicyclic amines) is 1. The zero-order chi connectivity index (χ0) is 18.2. The number of para-hydroxylation sites is 1. The van der Waals surface area contributed by atoms with E-state index in [4.69, 9.17) is 0 Å². The Morgan fingerprint density at radius 3 is 2.70 bits per heavy atom. The zero-order valence-electron chi connectivity index (χ0n) is 15.2. The summed E-state index contributed by atoms with van der Waals surface area (Å²) in [5.41, 5.74) is 3.32. The third kappa shape index (κ3) is 2.96. The molecule has 0 saturated carbocycles. The highest BCUT2D eigenvalue weighted by atomic mass is 16.2. The molecule has 4 heterocycles. The highest BCUT2D eigenvalue weighted by Gasteiger charge is 2.22. The van der Waals surface area contributed by atoms with Crippen molar-refractivity contribution < 1.29 is 0 Å². The molecule has 1 saturated heterocycles. The van der Waals surface area contributed by atoms with E-state index in [1.165, 1.54) is 16.5 Å². The standard InChI is InChI=1S/C21H23N5O/c27-21-25-10-4-3-7-20(25)23-26(21)14-13-24-11-8-16(9-12-24)18-15-22-19-6-2-1-5-17(18)19/h1-7,10,15-16,22H,8-9,11-14H2. The molecule has 6 nitrogen and oxygen atoms in total. The molecule has 4 aromatic rings. The minimum Gasteiger partial charge on any atom is -0.361 e. The van der Waals surface area contributed by atoms with Crippen LogP contribution in [0.5, 0.6) is 0 Å². The van der Waals surface area contributed by atoms with Crippen LogP contribution in [-0.2, 0) is 6.54 Å². The van der Waals surface area contributed by atoms with Crippen molar-refractivity contribution in [1.29, 1.82) is 0 Å². The van der Waals surface area contributed by atoms with Crippen molar-refractivity contribution in [1.82, 2.24) is 24.1 Å². The lowest BCUT2D eigenvalue weighted by atomic mass is 9.89. The molecule has 5 rings (SSSR count). The molecule has 0 aliphatic carbocycles. The van der Waals surface area contributed by atoms with Crippen molar-refractivity contribution in [3.63, 3.8) is 0 Å². The van der Waals surface area contributed by atoms with E-state index in [2.05, 4.69) is 45.4 Å². The number of piperidine rings is 1. The maximum Gasteiger partial charge on any atom is 0.350 e. The van der Waals surface area contributed by atoms with Crippen LogP contribution in [0.15, 0.2) is 59.7 Å². The average Bonchev–Trinajstić information content (AvgIpc) is 3.29. The van der Waals surface area contributed by atoms with E-state index in [0.717, 1.165) is 32.5 Å². The average molecular weight is 361 g/mol. The van der Waals surface area contributed by atoms with Crippen molar-refractivity contribution in [2.24, 2.45) is 0 Å². The first-order valence-corrected chi connectivity index (χ1v) is 9.62. The van der Waals surface area contributed by atoms with Gasteiger partial charge in [0.25, 0.3) is 0 Å². The summed E-state index contributed by atoms with van der Waals surface area (Å²) in [7, 11) is 0. The number of rotatable bonds is 4. The number of aromatic amines is 1. The molecular weight excluding hydrogens is 338 g/mol. The number of nitrogens with zero attached hydrogens (tertiary/aromatic N) is 4. The Morgan fingerprint density at radius 2 is 1.85 bits per heavy atom. The van der Waals surface area contributed by atoms with Crippen molar-refractivity contribution in [3.8, 4) is 0 Å². The van der Waals surface area contributed by atoms with Gasteiger partial charge in [0.1, 0.15) is 0 Å². The zero-order valence-corrected chi connectivity index (χ0v) is 15.2. The van der Waals surface area contributed by atoms with Gasteiger partial charge >= 0.3 is 5.69 Å². The number of benzene rings is 1. The highest BCUT2D eigenvalue weighted by Crippen LogP contribution is 2.32. The van der Waals surface area contributed by atoms with Crippen LogP contribution in [0, 0.1) is 0 Å². The quantitative estimate of drug-likeness (QED) is 0.608. The van der Waals surface area contributed by atoms with E-state index in [-0.39, 0.29) is 5.69 Å². The summed E-state index contributed by atoms with van der Waals surface area (Å²) < 4.78 is 3.18. The third-order valence-corrected chi connectivity index (χ3v) is 5.77. The van der Waals surface area contributed by atoms with Crippen LogP contribution in [0.2, 0.25) is 0 Å². The Balaban J connectivity index is 1.23. The molecule has 27 heavy (non-hydrogen) atoms. The Hall–Kier alpha value is -2.86. The molecular formula is C21H23N5O. The van der Waals surface area contributed by atoms with Crippen LogP contribution in [-0.4, -0.2) is 43.7 Å². The first-order valence-electron chi connectivity index (χ1n) is 9.62. The van der Waals surface area contributed by atoms with Crippen molar-refractivity contribution in [3.05, 3.63) is 70.9 Å². The van der Waals surface area contributed by atoms with Gasteiger partial charge in [0, 0.05) is 29.8 Å². The number of pyridine rings is 1. The van der Waals surface area contributed by atoms with E-state index in [0.29, 0.717) is 18.1 Å². The normalized spacial score (nSPS) is 16.4. The molecule has 0 atom stereocenters. The van der Waals surface area contributed by atoms with Crippen LogP contribution in [0.3, 0.4) is 0 Å². The first-order chi connectivity index (χ1) is 13.3. The molecule has 0 bridgehead atoms. The predicted molar refractivity (Wildman–Crippen MR) is 106 cm³/mol. The Morgan fingerprint density at radius 1 is 1.04 bits per heavy atom. The number of nitrogens with one attached hydrogen (secondary N) is 1. The summed E-state index contributed by atoms with van der Waals surface area (Å²) in [6.07, 6.45) is 6.26. The molecule has 6 heteroatoms. The minimum atomic E-state index is -0.0562. The van der Waals surface area contributed by atoms with E-state index < -0.39 is 0 Å². The number of aromatic nitrogens is 4. The van der Waals surface area contributed by atoms with Gasteiger partial charge in [-0.2, -0.15) is 0 Å². The largest absolute Gasteiger partial charge is 0.361 e. The summed E-state index contributed by atoms with van der Waals surface area (Å²) >= 11 is 0. The summed E-state index contributed by atoms with van der Waals surface area (Å²) in [6, 6.07) is 14.2. The fourth-order valence-corrected chi connectivity index (χ4v) is 4.25. The highest BCUT2D eigenvalue weighted by molar-refractivity contribution is 5.83. The van der Waals surface area contributed by atoms with Gasteiger partial charge in [0.2, 0.25) is 0 Å². The molecule has 138 valence electrons. The van der Waals surface area contributed by atoms with Gasteiger partial charge < -0.3 is 9.88 Å². The second-order valence-electron chi connectivity index (χ2n) is 7.34. The fraction of sp³-hybridized carbons (Fsp3) is 0.333. The molecule has 0 amide bonds. The Labute approximate surface area is 157 Å². The maximum absolute atomic E-state index is 12.4. The first kappa shape index (κ1) is 16.3. The predicted octanol–water partition coefficient (Wildman–Crippen LogP) is 2.86. The second-order valence-corrected chi connectivity index (χ2v) is 7.34. The lowest BCUT2D eigenvalue weighted by Gasteiger charge is -2.31. The van der Waals surface area contributed by atoms with Gasteiger partial charge in [-0.25, -0.2) is 9.48 Å². The van der Waals surface area contributed by atoms with Crippen LogP contribution in [0.25, 0.3) is 16.6 Å². The maximum atomic E-state index is 12.4. The second kappa shape index (κ2) is 6.70. The molecule has 1 fully saturated rings. The van der Waals surface area contributed by atoms with Crippen LogP contribution in [0.4, 0.5) is 0 Å². The molecule has 0 unspecified atom stereocenters. The van der Waals surface area contributed by atoms with Gasteiger partial charge in [0.05, 0.1) is 6.54 Å². The Bertz CT molecular complexity index is 1130. The van der Waals surface area contributed by atoms with Crippen molar-refractivity contribution in [2.45, 2.75) is 25.3 Å². The van der Waals surface area contributed by atoms with Crippen molar-refractivity contribution >= 4 is 16.6 Å². The molecule has 1 N–H and O–H groups in total. The number of hydrogen-bond donors (Lipinski definition) is 1. The van der Waals surface area contributed by atoms with Crippen LogP contribution in [0.1, 0.15) is 24.3 Å². The summed E-state index contributed by atoms with van der Waals surface area (Å²) in [4.78, 5) is 18.2. The van der Waals surface area contributed by atoms with Gasteiger partial charge in [-0.1, -0.05) is 24.3 Å². The summed E-state index contributed by atoms with van der Waals surface area (Å²) in [5.74, 6) is 0.607. The van der Waals surface area contributed by atoms with E-state index in [1.54, 1.807) is 15.3 Å². The molecule has 3 aromatic heterocycles. The number of hydrogen-bond acceptors (Lipinski definition) is 3. The third-order valence-electron chi connectivity index (χ3n) is 5.77. The van der Waals surface area contributed by atoms with E-state index >= 15 is 0 Å². The van der Waals surface area contributed by atoms with Crippen molar-refractivity contribution in [2.75, 3.05) is 19.6 Å². The van der Waals surface area contributed by atoms with Gasteiger partial charge in [0.15, 0.2) is 5.65 Å². The van der Waals surface area contributed by atoms with Gasteiger partial charge in [-0.05, 0) is 55.6 Å². The molecule has 0 radical (unpaired) electrons. The molecule has 1 aliphatic heterocycles. The minimum absolute atomic E-state index is 0.0562. The fourth-order valence-electron chi connectivity index (χ4n) is 4.25. The lowest BCUT2D eigenvalue weighted by molar-refractivity contribution is 0.202. The SMILES string of the molecule is O=c1n(CCN2CCC(c3c[nH]c4ccccc34)CC2)nc2ccccn12. The van der Waals surface area contributed by atoms with Gasteiger partial charge in [-0.15, -0.1) is 5.10 Å². The molecule has 0 spiro atoms. The van der Waals surface area contributed by atoms with Gasteiger partial charge in [-0.3, -0.25) is 4.40 Å². The lowest BCUT2D eigenvalue weighted by Crippen LogP contribution is -2.36. The monoisotopic (exact) mass is 361 g/mol. The summed E-state index contributed by atoms with van der Waals surface area (Å²) in [6.45, 7) is 3.63. The Kier molecular flexibility index (Phi) is 4.05.